The number of benzene rings is 1. The van der Waals surface area contributed by atoms with Crippen molar-refractivity contribution in [1.82, 2.24) is 9.21 Å². The van der Waals surface area contributed by atoms with Crippen LogP contribution < -0.4 is 5.32 Å². The third-order valence-electron chi connectivity index (χ3n) is 5.11. The molecule has 1 amide bonds. The van der Waals surface area contributed by atoms with Crippen LogP contribution in [0.25, 0.3) is 0 Å². The van der Waals surface area contributed by atoms with Gasteiger partial charge in [-0.3, -0.25) is 9.69 Å². The van der Waals surface area contributed by atoms with Crippen molar-refractivity contribution in [2.45, 2.75) is 57.9 Å². The lowest BCUT2D eigenvalue weighted by molar-refractivity contribution is -0.118. The van der Waals surface area contributed by atoms with E-state index in [0.29, 0.717) is 31.4 Å². The zero-order valence-electron chi connectivity index (χ0n) is 16.3. The molecule has 1 aromatic rings. The number of amides is 1. The van der Waals surface area contributed by atoms with Crippen LogP contribution in [0.3, 0.4) is 0 Å². The van der Waals surface area contributed by atoms with Crippen LogP contribution in [-0.2, 0) is 14.8 Å². The van der Waals surface area contributed by atoms with Gasteiger partial charge >= 0.3 is 0 Å². The second-order valence-corrected chi connectivity index (χ2v) is 8.87. The zero-order valence-corrected chi connectivity index (χ0v) is 17.1. The predicted octanol–water partition coefficient (Wildman–Crippen LogP) is 2.84. The van der Waals surface area contributed by atoms with Crippen molar-refractivity contribution >= 4 is 21.6 Å². The van der Waals surface area contributed by atoms with Crippen LogP contribution in [-0.4, -0.2) is 55.8 Å². The van der Waals surface area contributed by atoms with Gasteiger partial charge in [-0.15, -0.1) is 0 Å². The minimum atomic E-state index is -3.54. The summed E-state index contributed by atoms with van der Waals surface area (Å²) in [6.07, 6.45) is 3.45. The number of likely N-dealkylation sites (tertiary alicyclic amines) is 1. The highest BCUT2D eigenvalue weighted by atomic mass is 32.2. The lowest BCUT2D eigenvalue weighted by Gasteiger charge is -2.32. The largest absolute Gasteiger partial charge is 0.325 e. The van der Waals surface area contributed by atoms with Gasteiger partial charge in [0, 0.05) is 24.8 Å². The van der Waals surface area contributed by atoms with Crippen LogP contribution >= 0.6 is 0 Å². The van der Waals surface area contributed by atoms with Crippen molar-refractivity contribution < 1.29 is 13.2 Å². The fourth-order valence-corrected chi connectivity index (χ4v) is 4.86. The third-order valence-corrected chi connectivity index (χ3v) is 7.16. The minimum Gasteiger partial charge on any atom is -0.325 e. The van der Waals surface area contributed by atoms with Gasteiger partial charge in [-0.25, -0.2) is 8.42 Å². The summed E-state index contributed by atoms with van der Waals surface area (Å²) < 4.78 is 26.8. The molecule has 1 aromatic carbocycles. The summed E-state index contributed by atoms with van der Waals surface area (Å²) in [5, 5.41) is 2.90. The van der Waals surface area contributed by atoms with Gasteiger partial charge in [-0.2, -0.15) is 4.31 Å². The first kappa shape index (κ1) is 20.9. The van der Waals surface area contributed by atoms with E-state index in [4.69, 9.17) is 0 Å². The molecule has 0 unspecified atom stereocenters. The van der Waals surface area contributed by atoms with Crippen molar-refractivity contribution in [1.29, 1.82) is 0 Å². The van der Waals surface area contributed by atoms with Crippen molar-refractivity contribution in [3.05, 3.63) is 23.8 Å². The van der Waals surface area contributed by atoms with E-state index in [1.165, 1.54) is 10.7 Å². The molecule has 7 heteroatoms. The fraction of sp³-hybridized carbons (Fsp3) is 0.632. The summed E-state index contributed by atoms with van der Waals surface area (Å²) in [7, 11) is -3.54. The first-order chi connectivity index (χ1) is 12.3. The molecular weight excluding hydrogens is 350 g/mol. The van der Waals surface area contributed by atoms with Crippen LogP contribution in [0.4, 0.5) is 5.69 Å². The molecule has 26 heavy (non-hydrogen) atoms. The molecule has 1 N–H and O–H groups in total. The lowest BCUT2D eigenvalue weighted by Crippen LogP contribution is -2.42. The Kier molecular flexibility index (Phi) is 7.20. The highest BCUT2D eigenvalue weighted by Gasteiger charge is 2.24. The van der Waals surface area contributed by atoms with Crippen LogP contribution in [0.5, 0.6) is 0 Å². The fourth-order valence-electron chi connectivity index (χ4n) is 3.38. The number of carbonyl (C=O) groups excluding carboxylic acids is 1. The van der Waals surface area contributed by atoms with Gasteiger partial charge in [0.2, 0.25) is 15.9 Å². The molecule has 6 nitrogen and oxygen atoms in total. The lowest BCUT2D eigenvalue weighted by atomic mass is 10.0. The smallest absolute Gasteiger partial charge is 0.243 e. The second-order valence-electron chi connectivity index (χ2n) is 6.93. The molecule has 1 atom stereocenters. The molecule has 1 saturated heterocycles. The first-order valence-corrected chi connectivity index (χ1v) is 10.9. The monoisotopic (exact) mass is 381 g/mol. The molecular formula is C19H31N3O3S. The number of anilines is 1. The SMILES string of the molecule is CCN(CC)S(=O)(=O)c1ccc(C)c(NC(=O)CN2CCCC[C@H]2C)c1. The van der Waals surface area contributed by atoms with Crippen LogP contribution in [0.2, 0.25) is 0 Å². The number of sulfonamides is 1. The molecule has 1 fully saturated rings. The number of hydrogen-bond acceptors (Lipinski definition) is 4. The van der Waals surface area contributed by atoms with Gasteiger partial charge in [0.05, 0.1) is 11.4 Å². The quantitative estimate of drug-likeness (QED) is 0.788. The molecule has 1 aliphatic rings. The van der Waals surface area contributed by atoms with Gasteiger partial charge in [0.15, 0.2) is 0 Å². The molecule has 0 spiro atoms. The Balaban J connectivity index is 2.15. The Morgan fingerprint density at radius 3 is 2.58 bits per heavy atom. The Bertz CT molecular complexity index is 730. The van der Waals surface area contributed by atoms with Gasteiger partial charge in [0.1, 0.15) is 0 Å². The summed E-state index contributed by atoms with van der Waals surface area (Å²) in [6, 6.07) is 5.33. The Hall–Kier alpha value is -1.44. The first-order valence-electron chi connectivity index (χ1n) is 9.44. The van der Waals surface area contributed by atoms with Crippen LogP contribution in [0.15, 0.2) is 23.1 Å². The van der Waals surface area contributed by atoms with E-state index in [9.17, 15) is 13.2 Å². The van der Waals surface area contributed by atoms with Crippen molar-refractivity contribution in [3.8, 4) is 0 Å². The minimum absolute atomic E-state index is 0.0979. The third kappa shape index (κ3) is 4.84. The maximum absolute atomic E-state index is 12.7. The Morgan fingerprint density at radius 1 is 1.27 bits per heavy atom. The average molecular weight is 382 g/mol. The van der Waals surface area contributed by atoms with Crippen molar-refractivity contribution in [2.24, 2.45) is 0 Å². The molecule has 0 bridgehead atoms. The number of nitrogens with one attached hydrogen (secondary N) is 1. The van der Waals surface area contributed by atoms with E-state index in [-0.39, 0.29) is 10.8 Å². The van der Waals surface area contributed by atoms with Gasteiger partial charge in [0.25, 0.3) is 0 Å². The molecule has 0 aromatic heterocycles. The molecule has 0 saturated carbocycles. The van der Waals surface area contributed by atoms with Crippen LogP contribution in [0.1, 0.15) is 45.6 Å². The summed E-state index contributed by atoms with van der Waals surface area (Å²) in [4.78, 5) is 14.9. The van der Waals surface area contributed by atoms with Gasteiger partial charge in [-0.05, 0) is 50.9 Å². The number of rotatable bonds is 7. The van der Waals surface area contributed by atoms with E-state index in [0.717, 1.165) is 24.9 Å². The van der Waals surface area contributed by atoms with Crippen LogP contribution in [0, 0.1) is 6.92 Å². The van der Waals surface area contributed by atoms with Gasteiger partial charge in [-0.1, -0.05) is 26.3 Å². The summed E-state index contributed by atoms with van der Waals surface area (Å²) in [5.41, 5.74) is 1.41. The number of piperidine rings is 1. The van der Waals surface area contributed by atoms with E-state index in [1.807, 2.05) is 20.8 Å². The number of hydrogen-bond donors (Lipinski definition) is 1. The maximum atomic E-state index is 12.7. The summed E-state index contributed by atoms with van der Waals surface area (Å²) in [6.45, 7) is 9.76. The molecule has 0 aliphatic carbocycles. The summed E-state index contributed by atoms with van der Waals surface area (Å²) in [5.74, 6) is -0.0979. The van der Waals surface area contributed by atoms with Crippen molar-refractivity contribution in [2.75, 3.05) is 31.5 Å². The Morgan fingerprint density at radius 2 is 1.96 bits per heavy atom. The number of nitrogens with zero attached hydrogens (tertiary/aromatic N) is 2. The van der Waals surface area contributed by atoms with E-state index in [1.54, 1.807) is 18.2 Å². The van der Waals surface area contributed by atoms with E-state index in [2.05, 4.69) is 17.1 Å². The average Bonchev–Trinajstić information content (AvgIpc) is 2.59. The molecule has 146 valence electrons. The topological polar surface area (TPSA) is 69.7 Å². The zero-order chi connectivity index (χ0) is 19.3. The maximum Gasteiger partial charge on any atom is 0.243 e. The molecule has 2 rings (SSSR count). The number of aryl methyl sites for hydroxylation is 1. The number of carbonyl (C=O) groups is 1. The van der Waals surface area contributed by atoms with E-state index < -0.39 is 10.0 Å². The van der Waals surface area contributed by atoms with E-state index >= 15 is 0 Å². The summed E-state index contributed by atoms with van der Waals surface area (Å²) >= 11 is 0. The second kappa shape index (κ2) is 8.97. The standard InChI is InChI=1S/C19H31N3O3S/c1-5-22(6-2)26(24,25)17-11-10-15(3)18(13-17)20-19(23)14-21-12-8-7-9-16(21)4/h10-11,13,16H,5-9,12,14H2,1-4H3,(H,20,23)/t16-/m1/s1. The Labute approximate surface area is 157 Å². The highest BCUT2D eigenvalue weighted by Crippen LogP contribution is 2.23. The normalized spacial score (nSPS) is 18.9. The molecule has 0 radical (unpaired) electrons. The highest BCUT2D eigenvalue weighted by molar-refractivity contribution is 7.89. The van der Waals surface area contributed by atoms with Crippen molar-refractivity contribution in [3.63, 3.8) is 0 Å². The molecule has 1 heterocycles. The molecule has 1 aliphatic heterocycles. The van der Waals surface area contributed by atoms with Gasteiger partial charge < -0.3 is 5.32 Å². The predicted molar refractivity (Wildman–Crippen MR) is 105 cm³/mol.